The van der Waals surface area contributed by atoms with Crippen molar-refractivity contribution in [1.29, 1.82) is 0 Å². The molecule has 0 fully saturated rings. The van der Waals surface area contributed by atoms with Crippen LogP contribution in [-0.4, -0.2) is 52.8 Å². The molecule has 10 heteroatoms. The lowest BCUT2D eigenvalue weighted by Gasteiger charge is -2.23. The summed E-state index contributed by atoms with van der Waals surface area (Å²) in [7, 11) is -3.40. The minimum atomic E-state index is -3.40. The van der Waals surface area contributed by atoms with Gasteiger partial charge in [-0.2, -0.15) is 0 Å². The van der Waals surface area contributed by atoms with Gasteiger partial charge >= 0.3 is 5.97 Å². The second-order valence-electron chi connectivity index (χ2n) is 5.52. The molecule has 6 N–H and O–H groups in total. The van der Waals surface area contributed by atoms with Crippen LogP contribution in [0.3, 0.4) is 0 Å². The molecule has 0 aliphatic carbocycles. The molecule has 1 unspecified atom stereocenters. The van der Waals surface area contributed by atoms with Crippen LogP contribution in [0.1, 0.15) is 26.7 Å². The molecular weight excluding hydrogens is 313 g/mol. The van der Waals surface area contributed by atoms with Crippen LogP contribution < -0.4 is 16.4 Å². The van der Waals surface area contributed by atoms with Gasteiger partial charge < -0.3 is 26.4 Å². The highest BCUT2D eigenvalue weighted by molar-refractivity contribution is 7.57. The number of aliphatic carboxylic acids is 1. The monoisotopic (exact) mass is 337 g/mol. The van der Waals surface area contributed by atoms with Gasteiger partial charge in [0.25, 0.3) is 0 Å². The predicted octanol–water partition coefficient (Wildman–Crippen LogP) is -0.707. The molecule has 0 radical (unpaired) electrons. The molecule has 0 bridgehead atoms. The molecule has 9 nitrogen and oxygen atoms in total. The molecule has 0 aromatic carbocycles. The Kier molecular flexibility index (Phi) is 8.29. The zero-order valence-electron chi connectivity index (χ0n) is 12.9. The fraction of sp³-hybridized carbons (Fsp3) is 0.750. The number of hydrogen-bond acceptors (Lipinski definition) is 5. The van der Waals surface area contributed by atoms with Crippen LogP contribution in [0.5, 0.6) is 0 Å². The third kappa shape index (κ3) is 8.76. The quantitative estimate of drug-likeness (QED) is 0.348. The van der Waals surface area contributed by atoms with Crippen molar-refractivity contribution in [2.24, 2.45) is 11.7 Å². The van der Waals surface area contributed by atoms with Crippen molar-refractivity contribution < 1.29 is 28.9 Å². The average molecular weight is 337 g/mol. The third-order valence-electron chi connectivity index (χ3n) is 2.80. The highest BCUT2D eigenvalue weighted by Crippen LogP contribution is 2.32. The first kappa shape index (κ1) is 20.6. The summed E-state index contributed by atoms with van der Waals surface area (Å²) >= 11 is 0. The van der Waals surface area contributed by atoms with Gasteiger partial charge in [-0.1, -0.05) is 13.8 Å². The van der Waals surface area contributed by atoms with Crippen LogP contribution in [0, 0.1) is 5.92 Å². The van der Waals surface area contributed by atoms with Crippen molar-refractivity contribution in [1.82, 2.24) is 10.6 Å². The first-order valence-corrected chi connectivity index (χ1v) is 9.08. The van der Waals surface area contributed by atoms with Crippen LogP contribution >= 0.6 is 7.37 Å². The molecule has 0 spiro atoms. The van der Waals surface area contributed by atoms with E-state index in [-0.39, 0.29) is 18.8 Å². The standard InChI is InChI=1S/C12H24N3O6P/c1-7(2)10(12(19)14-6-22(3,20)21)15-11(18)8(13)4-5-9(16)17/h7-8,10H,4-6,13H2,1-3H3,(H,14,19)(H,15,18)(H,16,17)(H,20,21)/t8-,10-/m0/s1. The fourth-order valence-corrected chi connectivity index (χ4v) is 1.99. The van der Waals surface area contributed by atoms with Gasteiger partial charge in [-0.05, 0) is 12.3 Å². The van der Waals surface area contributed by atoms with E-state index in [4.69, 9.17) is 15.7 Å². The van der Waals surface area contributed by atoms with Gasteiger partial charge in [-0.15, -0.1) is 0 Å². The predicted molar refractivity (Wildman–Crippen MR) is 80.4 cm³/mol. The molecule has 0 aliphatic rings. The lowest BCUT2D eigenvalue weighted by molar-refractivity contribution is -0.137. The summed E-state index contributed by atoms with van der Waals surface area (Å²) < 4.78 is 11.2. The molecule has 3 atom stereocenters. The summed E-state index contributed by atoms with van der Waals surface area (Å²) in [6.07, 6.45) is -0.693. The first-order chi connectivity index (χ1) is 9.94. The van der Waals surface area contributed by atoms with Crippen LogP contribution in [0.4, 0.5) is 0 Å². The number of rotatable bonds is 9. The molecule has 0 saturated carbocycles. The van der Waals surface area contributed by atoms with Crippen molar-refractivity contribution in [2.75, 3.05) is 13.0 Å². The molecule has 0 aromatic rings. The SMILES string of the molecule is CC(C)[C@H](NC(=O)[C@@H](N)CCC(=O)O)C(=O)NCP(C)(=O)O. The Labute approximate surface area is 129 Å². The number of hydrogen-bond donors (Lipinski definition) is 5. The van der Waals surface area contributed by atoms with Gasteiger partial charge in [0, 0.05) is 13.1 Å². The molecule has 0 aromatic heterocycles. The molecule has 0 rings (SSSR count). The van der Waals surface area contributed by atoms with Gasteiger partial charge in [0.2, 0.25) is 19.2 Å². The lowest BCUT2D eigenvalue weighted by atomic mass is 10.0. The summed E-state index contributed by atoms with van der Waals surface area (Å²) in [4.78, 5) is 43.4. The molecule has 0 saturated heterocycles. The Morgan fingerprint density at radius 1 is 1.23 bits per heavy atom. The van der Waals surface area contributed by atoms with Crippen LogP contribution in [0.25, 0.3) is 0 Å². The van der Waals surface area contributed by atoms with Gasteiger partial charge in [0.1, 0.15) is 6.04 Å². The smallest absolute Gasteiger partial charge is 0.303 e. The molecule has 2 amide bonds. The van der Waals surface area contributed by atoms with E-state index in [0.717, 1.165) is 6.66 Å². The van der Waals surface area contributed by atoms with Crippen molar-refractivity contribution in [3.63, 3.8) is 0 Å². The van der Waals surface area contributed by atoms with E-state index < -0.39 is 43.5 Å². The molecule has 128 valence electrons. The Bertz CT molecular complexity index is 462. The fourth-order valence-electron chi connectivity index (χ4n) is 1.54. The maximum absolute atomic E-state index is 12.0. The summed E-state index contributed by atoms with van der Waals surface area (Å²) in [6, 6.07) is -1.96. The molecule has 0 heterocycles. The number of amides is 2. The Hall–Kier alpha value is -1.44. The zero-order chi connectivity index (χ0) is 17.5. The van der Waals surface area contributed by atoms with Crippen molar-refractivity contribution in [3.05, 3.63) is 0 Å². The number of nitrogens with two attached hydrogens (primary N) is 1. The Morgan fingerprint density at radius 3 is 2.18 bits per heavy atom. The number of carboxylic acids is 1. The highest BCUT2D eigenvalue weighted by Gasteiger charge is 2.27. The zero-order valence-corrected chi connectivity index (χ0v) is 13.8. The highest BCUT2D eigenvalue weighted by atomic mass is 31.2. The van der Waals surface area contributed by atoms with E-state index in [1.54, 1.807) is 13.8 Å². The lowest BCUT2D eigenvalue weighted by Crippen LogP contribution is -2.53. The largest absolute Gasteiger partial charge is 0.481 e. The summed E-state index contributed by atoms with van der Waals surface area (Å²) in [5.41, 5.74) is 5.57. The van der Waals surface area contributed by atoms with E-state index in [0.29, 0.717) is 0 Å². The van der Waals surface area contributed by atoms with Crippen molar-refractivity contribution in [2.45, 2.75) is 38.8 Å². The number of carbonyl (C=O) groups is 3. The molecule has 22 heavy (non-hydrogen) atoms. The van der Waals surface area contributed by atoms with Gasteiger partial charge in [-0.25, -0.2) is 0 Å². The van der Waals surface area contributed by atoms with Gasteiger partial charge in [0.05, 0.1) is 12.3 Å². The summed E-state index contributed by atoms with van der Waals surface area (Å²) in [6.45, 7) is 4.49. The van der Waals surface area contributed by atoms with Crippen LogP contribution in [0.2, 0.25) is 0 Å². The van der Waals surface area contributed by atoms with Gasteiger partial charge in [0.15, 0.2) is 0 Å². The number of nitrogens with one attached hydrogen (secondary N) is 2. The topological polar surface area (TPSA) is 159 Å². The summed E-state index contributed by atoms with van der Waals surface area (Å²) in [5, 5.41) is 13.3. The number of carbonyl (C=O) groups excluding carboxylic acids is 2. The minimum Gasteiger partial charge on any atom is -0.481 e. The second-order valence-corrected chi connectivity index (χ2v) is 7.94. The average Bonchev–Trinajstić information content (AvgIpc) is 2.37. The first-order valence-electron chi connectivity index (χ1n) is 6.78. The molecular formula is C12H24N3O6P. The van der Waals surface area contributed by atoms with Crippen LogP contribution in [0.15, 0.2) is 0 Å². The van der Waals surface area contributed by atoms with Gasteiger partial charge in [-0.3, -0.25) is 18.9 Å². The van der Waals surface area contributed by atoms with Crippen molar-refractivity contribution in [3.8, 4) is 0 Å². The van der Waals surface area contributed by atoms with E-state index in [9.17, 15) is 18.9 Å². The Balaban J connectivity index is 4.63. The Morgan fingerprint density at radius 2 is 1.77 bits per heavy atom. The molecule has 0 aliphatic heterocycles. The second kappa shape index (κ2) is 8.87. The van der Waals surface area contributed by atoms with E-state index >= 15 is 0 Å². The summed E-state index contributed by atoms with van der Waals surface area (Å²) in [5.74, 6) is -2.57. The van der Waals surface area contributed by atoms with Crippen LogP contribution in [-0.2, 0) is 18.9 Å². The van der Waals surface area contributed by atoms with E-state index in [2.05, 4.69) is 10.6 Å². The minimum absolute atomic E-state index is 0.0472. The third-order valence-corrected chi connectivity index (χ3v) is 3.54. The normalized spacial score (nSPS) is 16.5. The van der Waals surface area contributed by atoms with Crippen molar-refractivity contribution >= 4 is 25.2 Å². The van der Waals surface area contributed by atoms with E-state index in [1.165, 1.54) is 0 Å². The maximum Gasteiger partial charge on any atom is 0.303 e. The van der Waals surface area contributed by atoms with E-state index in [1.807, 2.05) is 0 Å². The maximum atomic E-state index is 12.0. The number of carboxylic acid groups (broad SMARTS) is 1.